The SMILES string of the molecule is C/C=C/CCNC(=O)[C@H](N)CC. The molecule has 3 heteroatoms. The highest BCUT2D eigenvalue weighted by atomic mass is 16.2. The van der Waals surface area contributed by atoms with Crippen LogP contribution in [0.4, 0.5) is 0 Å². The largest absolute Gasteiger partial charge is 0.354 e. The molecule has 0 aromatic rings. The molecule has 0 saturated carbocycles. The zero-order chi connectivity index (χ0) is 9.40. The van der Waals surface area contributed by atoms with E-state index in [-0.39, 0.29) is 11.9 Å². The molecule has 3 nitrogen and oxygen atoms in total. The second-order valence-electron chi connectivity index (χ2n) is 2.66. The van der Waals surface area contributed by atoms with E-state index in [0.717, 1.165) is 6.42 Å². The van der Waals surface area contributed by atoms with Gasteiger partial charge in [-0.1, -0.05) is 19.1 Å². The van der Waals surface area contributed by atoms with Crippen LogP contribution in [0.2, 0.25) is 0 Å². The Morgan fingerprint density at radius 3 is 2.83 bits per heavy atom. The minimum atomic E-state index is -0.351. The van der Waals surface area contributed by atoms with Gasteiger partial charge in [0, 0.05) is 6.54 Å². The van der Waals surface area contributed by atoms with Gasteiger partial charge in [-0.15, -0.1) is 0 Å². The van der Waals surface area contributed by atoms with Gasteiger partial charge in [-0.3, -0.25) is 4.79 Å². The predicted octanol–water partition coefficient (Wildman–Crippen LogP) is 0.806. The van der Waals surface area contributed by atoms with Gasteiger partial charge in [-0.05, 0) is 19.8 Å². The maximum Gasteiger partial charge on any atom is 0.236 e. The number of carbonyl (C=O) groups is 1. The first-order valence-electron chi connectivity index (χ1n) is 4.36. The Kier molecular flexibility index (Phi) is 6.38. The monoisotopic (exact) mass is 170 g/mol. The molecule has 0 rings (SSSR count). The van der Waals surface area contributed by atoms with Crippen LogP contribution in [0, 0.1) is 0 Å². The average Bonchev–Trinajstić information content (AvgIpc) is 2.10. The van der Waals surface area contributed by atoms with E-state index < -0.39 is 0 Å². The standard InChI is InChI=1S/C9H18N2O/c1-3-5-6-7-11-9(12)8(10)4-2/h3,5,8H,4,6-7,10H2,1-2H3,(H,11,12)/b5-3+/t8-/m1/s1. The molecule has 0 spiro atoms. The van der Waals surface area contributed by atoms with Gasteiger partial charge in [0.1, 0.15) is 0 Å². The molecular weight excluding hydrogens is 152 g/mol. The summed E-state index contributed by atoms with van der Waals surface area (Å²) < 4.78 is 0. The van der Waals surface area contributed by atoms with Gasteiger partial charge in [-0.25, -0.2) is 0 Å². The summed E-state index contributed by atoms with van der Waals surface area (Å²) in [5.41, 5.74) is 5.50. The minimum Gasteiger partial charge on any atom is -0.354 e. The third-order valence-corrected chi connectivity index (χ3v) is 1.62. The van der Waals surface area contributed by atoms with Crippen LogP contribution in [-0.2, 0) is 4.79 Å². The van der Waals surface area contributed by atoms with Crippen molar-refractivity contribution in [1.82, 2.24) is 5.32 Å². The van der Waals surface area contributed by atoms with Crippen LogP contribution >= 0.6 is 0 Å². The van der Waals surface area contributed by atoms with Crippen molar-refractivity contribution in [2.45, 2.75) is 32.7 Å². The number of amides is 1. The number of nitrogens with one attached hydrogen (secondary N) is 1. The van der Waals surface area contributed by atoms with Crippen molar-refractivity contribution in [1.29, 1.82) is 0 Å². The van der Waals surface area contributed by atoms with Crippen molar-refractivity contribution in [3.63, 3.8) is 0 Å². The highest BCUT2D eigenvalue weighted by Gasteiger charge is 2.08. The van der Waals surface area contributed by atoms with Crippen LogP contribution in [0.1, 0.15) is 26.7 Å². The van der Waals surface area contributed by atoms with Crippen LogP contribution in [0.5, 0.6) is 0 Å². The first kappa shape index (κ1) is 11.2. The van der Waals surface area contributed by atoms with E-state index in [4.69, 9.17) is 5.73 Å². The van der Waals surface area contributed by atoms with E-state index in [9.17, 15) is 4.79 Å². The summed E-state index contributed by atoms with van der Waals surface area (Å²) in [6, 6.07) is -0.351. The Hall–Kier alpha value is -0.830. The molecule has 0 bridgehead atoms. The molecule has 1 amide bonds. The van der Waals surface area contributed by atoms with Gasteiger partial charge < -0.3 is 11.1 Å². The summed E-state index contributed by atoms with van der Waals surface area (Å²) in [6.07, 6.45) is 5.54. The molecule has 3 N–H and O–H groups in total. The van der Waals surface area contributed by atoms with E-state index >= 15 is 0 Å². The molecule has 0 radical (unpaired) electrons. The molecule has 0 saturated heterocycles. The second-order valence-corrected chi connectivity index (χ2v) is 2.66. The molecule has 12 heavy (non-hydrogen) atoms. The molecule has 0 unspecified atom stereocenters. The summed E-state index contributed by atoms with van der Waals surface area (Å²) in [5, 5.41) is 2.75. The number of hydrogen-bond acceptors (Lipinski definition) is 2. The zero-order valence-corrected chi connectivity index (χ0v) is 7.84. The minimum absolute atomic E-state index is 0.0537. The Morgan fingerprint density at radius 2 is 2.33 bits per heavy atom. The van der Waals surface area contributed by atoms with Crippen molar-refractivity contribution in [3.8, 4) is 0 Å². The van der Waals surface area contributed by atoms with Crippen molar-refractivity contribution in [2.24, 2.45) is 5.73 Å². The lowest BCUT2D eigenvalue weighted by Gasteiger charge is -2.08. The third kappa shape index (κ3) is 4.91. The van der Waals surface area contributed by atoms with E-state index in [1.165, 1.54) is 0 Å². The number of hydrogen-bond donors (Lipinski definition) is 2. The number of allylic oxidation sites excluding steroid dienone is 1. The third-order valence-electron chi connectivity index (χ3n) is 1.62. The van der Waals surface area contributed by atoms with Crippen molar-refractivity contribution in [3.05, 3.63) is 12.2 Å². The van der Waals surface area contributed by atoms with Gasteiger partial charge in [0.15, 0.2) is 0 Å². The maximum absolute atomic E-state index is 11.1. The quantitative estimate of drug-likeness (QED) is 0.474. The van der Waals surface area contributed by atoms with Crippen LogP contribution in [0.3, 0.4) is 0 Å². The molecule has 0 fully saturated rings. The number of carbonyl (C=O) groups excluding carboxylic acids is 1. The number of rotatable bonds is 5. The lowest BCUT2D eigenvalue weighted by molar-refractivity contribution is -0.122. The maximum atomic E-state index is 11.1. The van der Waals surface area contributed by atoms with Gasteiger partial charge in [0.05, 0.1) is 6.04 Å². The first-order chi connectivity index (χ1) is 5.72. The van der Waals surface area contributed by atoms with Crippen molar-refractivity contribution < 1.29 is 4.79 Å². The van der Waals surface area contributed by atoms with Gasteiger partial charge >= 0.3 is 0 Å². The lowest BCUT2D eigenvalue weighted by Crippen LogP contribution is -2.40. The molecule has 0 aliphatic heterocycles. The molecule has 0 aliphatic carbocycles. The lowest BCUT2D eigenvalue weighted by atomic mass is 10.2. The Balaban J connectivity index is 3.43. The summed E-state index contributed by atoms with van der Waals surface area (Å²) >= 11 is 0. The highest BCUT2D eigenvalue weighted by Crippen LogP contribution is 1.86. The smallest absolute Gasteiger partial charge is 0.236 e. The fourth-order valence-electron chi connectivity index (χ4n) is 0.762. The summed E-state index contributed by atoms with van der Waals surface area (Å²) in [6.45, 7) is 4.53. The normalized spacial score (nSPS) is 13.2. The van der Waals surface area contributed by atoms with Crippen LogP contribution in [0.15, 0.2) is 12.2 Å². The fraction of sp³-hybridized carbons (Fsp3) is 0.667. The summed E-state index contributed by atoms with van der Waals surface area (Å²) in [4.78, 5) is 11.1. The van der Waals surface area contributed by atoms with Crippen molar-refractivity contribution in [2.75, 3.05) is 6.54 Å². The van der Waals surface area contributed by atoms with Gasteiger partial charge in [0.25, 0.3) is 0 Å². The second kappa shape index (κ2) is 6.85. The van der Waals surface area contributed by atoms with Crippen molar-refractivity contribution >= 4 is 5.91 Å². The van der Waals surface area contributed by atoms with Crippen LogP contribution in [-0.4, -0.2) is 18.5 Å². The topological polar surface area (TPSA) is 55.1 Å². The molecular formula is C9H18N2O. The van der Waals surface area contributed by atoms with Gasteiger partial charge in [-0.2, -0.15) is 0 Å². The predicted molar refractivity (Wildman–Crippen MR) is 50.7 cm³/mol. The van der Waals surface area contributed by atoms with E-state index in [1.807, 2.05) is 26.0 Å². The highest BCUT2D eigenvalue weighted by molar-refractivity contribution is 5.81. The van der Waals surface area contributed by atoms with Crippen LogP contribution in [0.25, 0.3) is 0 Å². The van der Waals surface area contributed by atoms with E-state index in [0.29, 0.717) is 13.0 Å². The Morgan fingerprint density at radius 1 is 1.67 bits per heavy atom. The van der Waals surface area contributed by atoms with Gasteiger partial charge in [0.2, 0.25) is 5.91 Å². The fourth-order valence-corrected chi connectivity index (χ4v) is 0.762. The molecule has 0 aromatic carbocycles. The number of nitrogens with two attached hydrogens (primary N) is 1. The molecule has 1 atom stereocenters. The van der Waals surface area contributed by atoms with E-state index in [2.05, 4.69) is 5.32 Å². The molecule has 0 aliphatic rings. The Bertz CT molecular complexity index is 155. The summed E-state index contributed by atoms with van der Waals surface area (Å²) in [5.74, 6) is -0.0537. The first-order valence-corrected chi connectivity index (χ1v) is 4.36. The zero-order valence-electron chi connectivity index (χ0n) is 7.84. The summed E-state index contributed by atoms with van der Waals surface area (Å²) in [7, 11) is 0. The molecule has 0 aromatic heterocycles. The van der Waals surface area contributed by atoms with Crippen LogP contribution < -0.4 is 11.1 Å². The Labute approximate surface area is 74.0 Å². The van der Waals surface area contributed by atoms with E-state index in [1.54, 1.807) is 0 Å². The molecule has 70 valence electrons. The molecule has 0 heterocycles. The average molecular weight is 170 g/mol.